The lowest BCUT2D eigenvalue weighted by molar-refractivity contribution is 0.0995. The number of hydrogen-bond acceptors (Lipinski definition) is 7. The Labute approximate surface area is 219 Å². The van der Waals surface area contributed by atoms with Crippen LogP contribution < -0.4 is 20.5 Å². The molecule has 1 aromatic heterocycles. The van der Waals surface area contributed by atoms with E-state index >= 15 is 0 Å². The predicted molar refractivity (Wildman–Crippen MR) is 142 cm³/mol. The van der Waals surface area contributed by atoms with E-state index in [-0.39, 0.29) is 31.6 Å². The summed E-state index contributed by atoms with van der Waals surface area (Å²) in [4.78, 5) is 15.7. The van der Waals surface area contributed by atoms with Gasteiger partial charge in [0.15, 0.2) is 0 Å². The fourth-order valence-electron chi connectivity index (χ4n) is 3.94. The van der Waals surface area contributed by atoms with Crippen molar-refractivity contribution in [1.29, 1.82) is 0 Å². The molecule has 0 saturated carbocycles. The second-order valence-corrected chi connectivity index (χ2v) is 8.91. The van der Waals surface area contributed by atoms with E-state index < -0.39 is 12.0 Å². The van der Waals surface area contributed by atoms with E-state index in [0.29, 0.717) is 35.6 Å². The van der Waals surface area contributed by atoms with Gasteiger partial charge in [-0.3, -0.25) is 9.78 Å². The molecule has 3 aromatic carbocycles. The zero-order valence-corrected chi connectivity index (χ0v) is 20.7. The summed E-state index contributed by atoms with van der Waals surface area (Å²) in [6.07, 6.45) is 1.43. The first-order chi connectivity index (χ1) is 18.4. The van der Waals surface area contributed by atoms with Crippen LogP contribution in [0.4, 0.5) is 4.39 Å². The molecule has 5 N–H and O–H groups in total. The lowest BCUT2D eigenvalue weighted by Gasteiger charge is -2.19. The molecule has 0 spiro atoms. The molecule has 4 rings (SSSR count). The number of aliphatic hydroxyl groups is 2. The lowest BCUT2D eigenvalue weighted by Crippen LogP contribution is -2.41. The molecule has 0 fully saturated rings. The van der Waals surface area contributed by atoms with Crippen LogP contribution in [0.1, 0.15) is 21.5 Å². The number of aliphatic hydroxyl groups excluding tert-OH is 2. The molecule has 38 heavy (non-hydrogen) atoms. The highest BCUT2D eigenvalue weighted by atomic mass is 19.1. The van der Waals surface area contributed by atoms with Crippen molar-refractivity contribution in [2.24, 2.45) is 5.73 Å². The quantitative estimate of drug-likeness (QED) is 0.214. The standard InChI is InChI=1S/C29H30FN3O5/c30-22-4-8-26(9-5-22)38-18-24(35)15-33-23(16-34)13-19-1-6-25(7-2-19)37-17-21-11-12-32-28-14-20(29(31)36)3-10-27(21)28/h1-12,14,23-24,33-35H,13,15-18H2,(H2,31,36). The van der Waals surface area contributed by atoms with E-state index in [2.05, 4.69) is 10.3 Å². The molecule has 0 saturated heterocycles. The maximum Gasteiger partial charge on any atom is 0.248 e. The summed E-state index contributed by atoms with van der Waals surface area (Å²) in [5.41, 5.74) is 8.36. The van der Waals surface area contributed by atoms with Crippen LogP contribution in [0.25, 0.3) is 10.9 Å². The summed E-state index contributed by atoms with van der Waals surface area (Å²) in [7, 11) is 0. The van der Waals surface area contributed by atoms with Crippen molar-refractivity contribution in [2.75, 3.05) is 19.8 Å². The highest BCUT2D eigenvalue weighted by Crippen LogP contribution is 2.21. The number of benzene rings is 3. The second kappa shape index (κ2) is 13.0. The topological polar surface area (TPSA) is 127 Å². The van der Waals surface area contributed by atoms with Crippen molar-refractivity contribution in [3.05, 3.63) is 102 Å². The number of rotatable bonds is 13. The fourth-order valence-corrected chi connectivity index (χ4v) is 3.94. The van der Waals surface area contributed by atoms with Crippen molar-refractivity contribution >= 4 is 16.8 Å². The summed E-state index contributed by atoms with van der Waals surface area (Å²) in [5.74, 6) is 0.310. The fraction of sp³-hybridized carbons (Fsp3) is 0.241. The summed E-state index contributed by atoms with van der Waals surface area (Å²) in [6, 6.07) is 19.9. The minimum absolute atomic E-state index is 0.0435. The Morgan fingerprint density at radius 3 is 2.42 bits per heavy atom. The summed E-state index contributed by atoms with van der Waals surface area (Å²) >= 11 is 0. The van der Waals surface area contributed by atoms with Gasteiger partial charge >= 0.3 is 0 Å². The van der Waals surface area contributed by atoms with E-state index in [9.17, 15) is 19.4 Å². The van der Waals surface area contributed by atoms with Gasteiger partial charge in [0.25, 0.3) is 0 Å². The highest BCUT2D eigenvalue weighted by molar-refractivity contribution is 5.97. The SMILES string of the molecule is NC(=O)c1ccc2c(COc3ccc(CC(CO)NCC(O)COc4ccc(F)cc4)cc3)ccnc2c1. The van der Waals surface area contributed by atoms with E-state index in [1.165, 1.54) is 24.3 Å². The van der Waals surface area contributed by atoms with Crippen LogP contribution in [0.3, 0.4) is 0 Å². The number of halogens is 1. The number of hydrogen-bond donors (Lipinski definition) is 4. The van der Waals surface area contributed by atoms with Gasteiger partial charge in [0.1, 0.15) is 36.6 Å². The summed E-state index contributed by atoms with van der Waals surface area (Å²) in [5, 5.41) is 24.0. The molecule has 0 aliphatic rings. The van der Waals surface area contributed by atoms with Crippen LogP contribution in [0.2, 0.25) is 0 Å². The number of primary amides is 1. The number of ether oxygens (including phenoxy) is 2. The molecular formula is C29H30FN3O5. The van der Waals surface area contributed by atoms with Crippen molar-refractivity contribution in [3.63, 3.8) is 0 Å². The maximum absolute atomic E-state index is 13.0. The van der Waals surface area contributed by atoms with Crippen molar-refractivity contribution in [3.8, 4) is 11.5 Å². The normalized spacial score (nSPS) is 12.7. The van der Waals surface area contributed by atoms with Gasteiger partial charge < -0.3 is 30.7 Å². The Hall–Kier alpha value is -4.05. The van der Waals surface area contributed by atoms with Crippen LogP contribution in [0, 0.1) is 5.82 Å². The van der Waals surface area contributed by atoms with Gasteiger partial charge in [-0.25, -0.2) is 4.39 Å². The van der Waals surface area contributed by atoms with Crippen LogP contribution in [0.15, 0.2) is 79.0 Å². The minimum atomic E-state index is -0.795. The molecule has 198 valence electrons. The molecule has 0 aliphatic heterocycles. The second-order valence-electron chi connectivity index (χ2n) is 8.91. The number of fused-ring (bicyclic) bond motifs is 1. The van der Waals surface area contributed by atoms with Gasteiger partial charge in [-0.15, -0.1) is 0 Å². The van der Waals surface area contributed by atoms with Gasteiger partial charge in [0, 0.05) is 35.3 Å². The monoisotopic (exact) mass is 519 g/mol. The molecule has 1 amide bonds. The number of carbonyl (C=O) groups is 1. The minimum Gasteiger partial charge on any atom is -0.491 e. The number of nitrogens with one attached hydrogen (secondary N) is 1. The van der Waals surface area contributed by atoms with Gasteiger partial charge in [-0.05, 0) is 66.6 Å². The number of aromatic nitrogens is 1. The molecule has 4 aromatic rings. The first-order valence-corrected chi connectivity index (χ1v) is 12.2. The van der Waals surface area contributed by atoms with Crippen molar-refractivity contribution < 1.29 is 28.9 Å². The van der Waals surface area contributed by atoms with Gasteiger partial charge in [0.2, 0.25) is 5.91 Å². The van der Waals surface area contributed by atoms with Gasteiger partial charge in [-0.2, -0.15) is 0 Å². The third-order valence-corrected chi connectivity index (χ3v) is 6.04. The van der Waals surface area contributed by atoms with Gasteiger partial charge in [0.05, 0.1) is 12.1 Å². The van der Waals surface area contributed by atoms with E-state index in [1.54, 1.807) is 18.3 Å². The zero-order valence-electron chi connectivity index (χ0n) is 20.7. The first kappa shape index (κ1) is 27.0. The molecule has 8 nitrogen and oxygen atoms in total. The van der Waals surface area contributed by atoms with E-state index in [0.717, 1.165) is 16.5 Å². The van der Waals surface area contributed by atoms with Crippen LogP contribution in [0.5, 0.6) is 11.5 Å². The van der Waals surface area contributed by atoms with Crippen LogP contribution >= 0.6 is 0 Å². The Morgan fingerprint density at radius 1 is 1.00 bits per heavy atom. The Bertz CT molecular complexity index is 1350. The summed E-state index contributed by atoms with van der Waals surface area (Å²) in [6.45, 7) is 0.500. The first-order valence-electron chi connectivity index (χ1n) is 12.2. The Kier molecular flexibility index (Phi) is 9.21. The molecular weight excluding hydrogens is 489 g/mol. The third-order valence-electron chi connectivity index (χ3n) is 6.04. The number of carbonyl (C=O) groups excluding carboxylic acids is 1. The highest BCUT2D eigenvalue weighted by Gasteiger charge is 2.13. The average molecular weight is 520 g/mol. The number of nitrogens with two attached hydrogens (primary N) is 1. The zero-order chi connectivity index (χ0) is 26.9. The molecule has 2 atom stereocenters. The smallest absolute Gasteiger partial charge is 0.248 e. The molecule has 1 heterocycles. The molecule has 2 unspecified atom stereocenters. The van der Waals surface area contributed by atoms with Crippen molar-refractivity contribution in [1.82, 2.24) is 10.3 Å². The molecule has 0 radical (unpaired) electrons. The lowest BCUT2D eigenvalue weighted by atomic mass is 10.1. The van der Waals surface area contributed by atoms with E-state index in [4.69, 9.17) is 15.2 Å². The van der Waals surface area contributed by atoms with Crippen LogP contribution in [-0.4, -0.2) is 53.0 Å². The average Bonchev–Trinajstić information content (AvgIpc) is 2.94. The third kappa shape index (κ3) is 7.48. The van der Waals surface area contributed by atoms with Crippen molar-refractivity contribution in [2.45, 2.75) is 25.2 Å². The number of pyridine rings is 1. The van der Waals surface area contributed by atoms with Gasteiger partial charge in [-0.1, -0.05) is 18.2 Å². The number of nitrogens with zero attached hydrogens (tertiary/aromatic N) is 1. The Balaban J connectivity index is 1.25. The van der Waals surface area contributed by atoms with E-state index in [1.807, 2.05) is 36.4 Å². The Morgan fingerprint density at radius 2 is 1.71 bits per heavy atom. The molecule has 0 bridgehead atoms. The van der Waals surface area contributed by atoms with Crippen LogP contribution in [-0.2, 0) is 13.0 Å². The largest absolute Gasteiger partial charge is 0.491 e. The number of amides is 1. The molecule has 9 heteroatoms. The summed E-state index contributed by atoms with van der Waals surface area (Å²) < 4.78 is 24.4. The molecule has 0 aliphatic carbocycles. The maximum atomic E-state index is 13.0. The predicted octanol–water partition coefficient (Wildman–Crippen LogP) is 2.98.